The van der Waals surface area contributed by atoms with E-state index in [9.17, 15) is 14.4 Å². The van der Waals surface area contributed by atoms with E-state index in [-0.39, 0.29) is 30.4 Å². The van der Waals surface area contributed by atoms with Gasteiger partial charge in [0.2, 0.25) is 11.8 Å². The zero-order chi connectivity index (χ0) is 24.1. The number of hydrogen-bond donors (Lipinski definition) is 1. The third-order valence-corrected chi connectivity index (χ3v) is 7.32. The van der Waals surface area contributed by atoms with Gasteiger partial charge in [-0.15, -0.1) is 11.3 Å². The Bertz CT molecular complexity index is 1070. The molecule has 0 spiro atoms. The second-order valence-corrected chi connectivity index (χ2v) is 9.81. The quantitative estimate of drug-likeness (QED) is 0.535. The normalized spacial score (nSPS) is 20.8. The minimum Gasteiger partial charge on any atom is -0.377 e. The van der Waals surface area contributed by atoms with Crippen LogP contribution < -0.4 is 10.2 Å². The van der Waals surface area contributed by atoms with Crippen molar-refractivity contribution < 1.29 is 23.9 Å². The van der Waals surface area contributed by atoms with Crippen molar-refractivity contribution in [2.24, 2.45) is 0 Å². The predicted molar refractivity (Wildman–Crippen MR) is 135 cm³/mol. The molecule has 2 aliphatic rings. The third kappa shape index (κ3) is 5.93. The predicted octanol–water partition coefficient (Wildman–Crippen LogP) is 3.53. The molecule has 0 radical (unpaired) electrons. The molecule has 180 valence electrons. The Hall–Kier alpha value is -2.53. The molecule has 0 aliphatic carbocycles. The molecule has 4 rings (SSSR count). The smallest absolute Gasteiger partial charge is 0.253 e. The van der Waals surface area contributed by atoms with Gasteiger partial charge in [-0.25, -0.2) is 0 Å². The highest BCUT2D eigenvalue weighted by Gasteiger charge is 2.39. The summed E-state index contributed by atoms with van der Waals surface area (Å²) in [5.41, 5.74) is 1.35. The van der Waals surface area contributed by atoms with Gasteiger partial charge in [0.05, 0.1) is 12.7 Å². The average molecular weight is 548 g/mol. The summed E-state index contributed by atoms with van der Waals surface area (Å²) in [7, 11) is 0. The zero-order valence-electron chi connectivity index (χ0n) is 18.7. The van der Waals surface area contributed by atoms with Crippen molar-refractivity contribution in [3.05, 3.63) is 51.1 Å². The molecule has 2 atom stereocenters. The maximum absolute atomic E-state index is 13.1. The Morgan fingerprint density at radius 3 is 2.79 bits per heavy atom. The minimum atomic E-state index is -0.635. The van der Waals surface area contributed by atoms with Gasteiger partial charge in [-0.3, -0.25) is 14.4 Å². The zero-order valence-corrected chi connectivity index (χ0v) is 21.1. The molecule has 8 nitrogen and oxygen atoms in total. The first-order valence-electron chi connectivity index (χ1n) is 11.1. The summed E-state index contributed by atoms with van der Waals surface area (Å²) in [6.45, 7) is 3.84. The van der Waals surface area contributed by atoms with E-state index in [0.717, 1.165) is 15.0 Å². The van der Waals surface area contributed by atoms with Crippen molar-refractivity contribution in [3.8, 4) is 0 Å². The molecule has 0 saturated carbocycles. The van der Waals surface area contributed by atoms with Crippen LogP contribution in [0, 0.1) is 0 Å². The SMILES string of the molecule is CCO[C@@H]1C[C@H](C(=O)Nc2ccc(N3CCOCC3=O)cc2)N(C(=O)/C=C/c2cc(Br)cs2)C1. The molecule has 34 heavy (non-hydrogen) atoms. The first-order chi connectivity index (χ1) is 16.4. The van der Waals surface area contributed by atoms with E-state index in [4.69, 9.17) is 9.47 Å². The molecular weight excluding hydrogens is 522 g/mol. The van der Waals surface area contributed by atoms with Crippen molar-refractivity contribution in [3.63, 3.8) is 0 Å². The van der Waals surface area contributed by atoms with Crippen molar-refractivity contribution in [2.75, 3.05) is 43.1 Å². The molecule has 1 N–H and O–H groups in total. The third-order valence-electron chi connectivity index (χ3n) is 5.66. The van der Waals surface area contributed by atoms with Gasteiger partial charge in [-0.2, -0.15) is 0 Å². The average Bonchev–Trinajstić information content (AvgIpc) is 3.45. The lowest BCUT2D eigenvalue weighted by Gasteiger charge is -2.27. The van der Waals surface area contributed by atoms with E-state index in [1.807, 2.05) is 18.4 Å². The number of carbonyl (C=O) groups excluding carboxylic acids is 3. The molecule has 0 bridgehead atoms. The first kappa shape index (κ1) is 24.6. The molecule has 10 heteroatoms. The van der Waals surface area contributed by atoms with Gasteiger partial charge >= 0.3 is 0 Å². The van der Waals surface area contributed by atoms with Crippen LogP contribution in [0.15, 0.2) is 46.3 Å². The number of nitrogens with one attached hydrogen (secondary N) is 1. The minimum absolute atomic E-state index is 0.0727. The summed E-state index contributed by atoms with van der Waals surface area (Å²) < 4.78 is 11.9. The van der Waals surface area contributed by atoms with Crippen LogP contribution in [-0.4, -0.2) is 67.7 Å². The number of rotatable bonds is 7. The van der Waals surface area contributed by atoms with E-state index in [2.05, 4.69) is 21.2 Å². The number of morpholine rings is 1. The summed E-state index contributed by atoms with van der Waals surface area (Å²) in [6.07, 6.45) is 3.50. The highest BCUT2D eigenvalue weighted by molar-refractivity contribution is 9.10. The summed E-state index contributed by atoms with van der Waals surface area (Å²) in [5, 5.41) is 4.85. The fourth-order valence-electron chi connectivity index (χ4n) is 4.05. The van der Waals surface area contributed by atoms with Crippen molar-refractivity contribution in [1.82, 2.24) is 4.90 Å². The summed E-state index contributed by atoms with van der Waals surface area (Å²) >= 11 is 4.93. The van der Waals surface area contributed by atoms with Crippen molar-refractivity contribution >= 4 is 62.4 Å². The molecule has 1 aromatic carbocycles. The van der Waals surface area contributed by atoms with E-state index in [0.29, 0.717) is 38.4 Å². The number of benzene rings is 1. The Kier molecular flexibility index (Phi) is 8.15. The van der Waals surface area contributed by atoms with E-state index in [1.54, 1.807) is 40.1 Å². The molecule has 2 fully saturated rings. The molecule has 2 saturated heterocycles. The van der Waals surface area contributed by atoms with Crippen LogP contribution in [-0.2, 0) is 23.9 Å². The molecule has 3 amide bonds. The second kappa shape index (κ2) is 11.3. The number of hydrogen-bond acceptors (Lipinski definition) is 6. The number of anilines is 2. The lowest BCUT2D eigenvalue weighted by Crippen LogP contribution is -2.42. The van der Waals surface area contributed by atoms with Crippen LogP contribution >= 0.6 is 27.3 Å². The second-order valence-electron chi connectivity index (χ2n) is 7.95. The number of carbonyl (C=O) groups is 3. The fraction of sp³-hybridized carbons (Fsp3) is 0.375. The van der Waals surface area contributed by atoms with E-state index < -0.39 is 6.04 Å². The maximum atomic E-state index is 13.1. The molecule has 0 unspecified atom stereocenters. The highest BCUT2D eigenvalue weighted by Crippen LogP contribution is 2.25. The Morgan fingerprint density at radius 2 is 2.12 bits per heavy atom. The number of thiophene rings is 1. The Labute approximate surface area is 210 Å². The van der Waals surface area contributed by atoms with Gasteiger partial charge in [-0.1, -0.05) is 0 Å². The Balaban J connectivity index is 1.43. The van der Waals surface area contributed by atoms with E-state index in [1.165, 1.54) is 17.4 Å². The monoisotopic (exact) mass is 547 g/mol. The van der Waals surface area contributed by atoms with Crippen molar-refractivity contribution in [2.45, 2.75) is 25.5 Å². The molecule has 2 aromatic rings. The largest absolute Gasteiger partial charge is 0.377 e. The molecule has 1 aromatic heterocycles. The van der Waals surface area contributed by atoms with Crippen LogP contribution in [0.5, 0.6) is 0 Å². The fourth-order valence-corrected chi connectivity index (χ4v) is 5.39. The standard InChI is InChI=1S/C24H26BrN3O5S/c1-2-33-19-12-21(28(13-19)22(29)8-7-20-11-16(25)15-34-20)24(31)26-17-3-5-18(6-4-17)27-9-10-32-14-23(27)30/h3-8,11,15,19,21H,2,9-10,12-14H2,1H3,(H,26,31)/b8-7+/t19-,21-/m1/s1. The number of nitrogens with zero attached hydrogens (tertiary/aromatic N) is 2. The maximum Gasteiger partial charge on any atom is 0.253 e. The first-order valence-corrected chi connectivity index (χ1v) is 12.7. The van der Waals surface area contributed by atoms with Crippen LogP contribution in [0.2, 0.25) is 0 Å². The molecule has 3 heterocycles. The number of ether oxygens (including phenoxy) is 2. The topological polar surface area (TPSA) is 88.2 Å². The van der Waals surface area contributed by atoms with E-state index >= 15 is 0 Å². The summed E-state index contributed by atoms with van der Waals surface area (Å²) in [5.74, 6) is -0.584. The summed E-state index contributed by atoms with van der Waals surface area (Å²) in [6, 6.07) is 8.39. The van der Waals surface area contributed by atoms with Crippen LogP contribution in [0.1, 0.15) is 18.2 Å². The lowest BCUT2D eigenvalue weighted by atomic mass is 10.1. The van der Waals surface area contributed by atoms with Gasteiger partial charge < -0.3 is 24.6 Å². The van der Waals surface area contributed by atoms with Crippen LogP contribution in [0.4, 0.5) is 11.4 Å². The highest BCUT2D eigenvalue weighted by atomic mass is 79.9. The van der Waals surface area contributed by atoms with Crippen molar-refractivity contribution in [1.29, 1.82) is 0 Å². The van der Waals surface area contributed by atoms with Gasteiger partial charge in [0.1, 0.15) is 12.6 Å². The molecular formula is C24H26BrN3O5S. The van der Waals surface area contributed by atoms with Gasteiger partial charge in [0, 0.05) is 58.3 Å². The Morgan fingerprint density at radius 1 is 1.32 bits per heavy atom. The number of likely N-dealkylation sites (tertiary alicyclic amines) is 1. The van der Waals surface area contributed by atoms with Gasteiger partial charge in [0.25, 0.3) is 5.91 Å². The van der Waals surface area contributed by atoms with Crippen LogP contribution in [0.25, 0.3) is 6.08 Å². The number of halogens is 1. The molecule has 2 aliphatic heterocycles. The summed E-state index contributed by atoms with van der Waals surface area (Å²) in [4.78, 5) is 42.3. The number of amides is 3. The lowest BCUT2D eigenvalue weighted by molar-refractivity contribution is -0.132. The van der Waals surface area contributed by atoms with Crippen LogP contribution in [0.3, 0.4) is 0 Å². The van der Waals surface area contributed by atoms with Gasteiger partial charge in [-0.05, 0) is 59.3 Å². The van der Waals surface area contributed by atoms with Gasteiger partial charge in [0.15, 0.2) is 0 Å².